The smallest absolute Gasteiger partial charge is 0.128 e. The first-order chi connectivity index (χ1) is 9.51. The summed E-state index contributed by atoms with van der Waals surface area (Å²) < 4.78 is 15.1. The van der Waals surface area contributed by atoms with Crippen LogP contribution in [0, 0.1) is 12.7 Å². The number of hydrogen-bond donors (Lipinski definition) is 1. The van der Waals surface area contributed by atoms with Crippen LogP contribution in [0.15, 0.2) is 33.4 Å². The summed E-state index contributed by atoms with van der Waals surface area (Å²) in [7, 11) is 1.98. The molecule has 0 aliphatic heterocycles. The van der Waals surface area contributed by atoms with Crippen LogP contribution < -0.4 is 5.73 Å². The molecule has 0 bridgehead atoms. The Bertz CT molecular complexity index is 585. The molecule has 1 aromatic heterocycles. The van der Waals surface area contributed by atoms with Crippen molar-refractivity contribution >= 4 is 27.3 Å². The maximum Gasteiger partial charge on any atom is 0.128 e. The summed E-state index contributed by atoms with van der Waals surface area (Å²) in [6.45, 7) is 3.10. The van der Waals surface area contributed by atoms with Crippen molar-refractivity contribution in [1.82, 2.24) is 4.90 Å². The van der Waals surface area contributed by atoms with Gasteiger partial charge in [-0.05, 0) is 53.0 Å². The van der Waals surface area contributed by atoms with Gasteiger partial charge in [0.15, 0.2) is 0 Å². The zero-order valence-electron chi connectivity index (χ0n) is 11.6. The van der Waals surface area contributed by atoms with E-state index in [0.29, 0.717) is 12.1 Å². The van der Waals surface area contributed by atoms with Crippen LogP contribution in [0.1, 0.15) is 22.7 Å². The highest BCUT2D eigenvalue weighted by Crippen LogP contribution is 2.26. The van der Waals surface area contributed by atoms with Crippen LogP contribution in [0.5, 0.6) is 0 Å². The van der Waals surface area contributed by atoms with Crippen LogP contribution in [0.3, 0.4) is 0 Å². The van der Waals surface area contributed by atoms with Crippen molar-refractivity contribution in [3.8, 4) is 0 Å². The van der Waals surface area contributed by atoms with Crippen LogP contribution >= 0.6 is 27.3 Å². The maximum atomic E-state index is 14.0. The molecule has 0 amide bonds. The molecular formula is C15H18BrFN2S. The summed E-state index contributed by atoms with van der Waals surface area (Å²) in [6.07, 6.45) is 0. The lowest BCUT2D eigenvalue weighted by Gasteiger charge is -2.27. The van der Waals surface area contributed by atoms with E-state index in [1.165, 1.54) is 11.6 Å². The van der Waals surface area contributed by atoms with Gasteiger partial charge in [0.25, 0.3) is 0 Å². The number of likely N-dealkylation sites (N-methyl/N-ethyl adjacent to an activating group) is 1. The first-order valence-corrected chi connectivity index (χ1v) is 8.07. The second kappa shape index (κ2) is 6.80. The van der Waals surface area contributed by atoms with E-state index in [0.717, 1.165) is 15.9 Å². The van der Waals surface area contributed by atoms with Crippen molar-refractivity contribution in [2.75, 3.05) is 13.6 Å². The summed E-state index contributed by atoms with van der Waals surface area (Å²) >= 11 is 5.11. The zero-order valence-corrected chi connectivity index (χ0v) is 14.0. The molecule has 0 radical (unpaired) electrons. The molecular weight excluding hydrogens is 339 g/mol. The van der Waals surface area contributed by atoms with Gasteiger partial charge in [0, 0.05) is 24.7 Å². The van der Waals surface area contributed by atoms with Gasteiger partial charge in [0.2, 0.25) is 0 Å². The number of benzene rings is 1. The van der Waals surface area contributed by atoms with Gasteiger partial charge >= 0.3 is 0 Å². The Labute approximate surface area is 131 Å². The number of nitrogens with two attached hydrogens (primary N) is 1. The van der Waals surface area contributed by atoms with Crippen LogP contribution in [0.2, 0.25) is 0 Å². The molecule has 1 aromatic carbocycles. The highest BCUT2D eigenvalue weighted by atomic mass is 79.9. The van der Waals surface area contributed by atoms with Crippen LogP contribution in [-0.2, 0) is 6.54 Å². The Morgan fingerprint density at radius 1 is 1.40 bits per heavy atom. The first-order valence-electron chi connectivity index (χ1n) is 6.40. The average molecular weight is 357 g/mol. The quantitative estimate of drug-likeness (QED) is 0.873. The van der Waals surface area contributed by atoms with E-state index >= 15 is 0 Å². The molecule has 20 heavy (non-hydrogen) atoms. The van der Waals surface area contributed by atoms with E-state index in [1.54, 1.807) is 17.4 Å². The van der Waals surface area contributed by atoms with Crippen molar-refractivity contribution in [2.45, 2.75) is 19.5 Å². The third kappa shape index (κ3) is 3.67. The molecule has 2 N–H and O–H groups in total. The van der Waals surface area contributed by atoms with E-state index in [9.17, 15) is 4.39 Å². The summed E-state index contributed by atoms with van der Waals surface area (Å²) in [5.41, 5.74) is 8.79. The minimum atomic E-state index is -0.190. The fraction of sp³-hybridized carbons (Fsp3) is 0.333. The number of hydrogen-bond acceptors (Lipinski definition) is 3. The molecule has 2 aromatic rings. The third-order valence-electron chi connectivity index (χ3n) is 3.32. The van der Waals surface area contributed by atoms with Gasteiger partial charge in [-0.2, -0.15) is 0 Å². The van der Waals surface area contributed by atoms with E-state index < -0.39 is 0 Å². The molecule has 5 heteroatoms. The standard InChI is InChI=1S/C15H18BrFN2S/c1-10-3-4-13(17)12(5-10)14(7-18)19(2)8-11-6-15(16)20-9-11/h3-6,9,14H,7-8,18H2,1-2H3. The largest absolute Gasteiger partial charge is 0.329 e. The second-order valence-electron chi connectivity index (χ2n) is 4.95. The lowest BCUT2D eigenvalue weighted by Crippen LogP contribution is -2.30. The summed E-state index contributed by atoms with van der Waals surface area (Å²) in [6, 6.07) is 7.15. The Kier molecular flexibility index (Phi) is 5.32. The zero-order chi connectivity index (χ0) is 14.7. The first kappa shape index (κ1) is 15.6. The molecule has 1 atom stereocenters. The highest BCUT2D eigenvalue weighted by Gasteiger charge is 2.19. The summed E-state index contributed by atoms with van der Waals surface area (Å²) in [5, 5.41) is 2.10. The highest BCUT2D eigenvalue weighted by molar-refractivity contribution is 9.11. The van der Waals surface area contributed by atoms with E-state index in [-0.39, 0.29) is 11.9 Å². The number of thiophene rings is 1. The average Bonchev–Trinajstić information content (AvgIpc) is 2.80. The minimum Gasteiger partial charge on any atom is -0.329 e. The fourth-order valence-corrected chi connectivity index (χ4v) is 3.49. The van der Waals surface area contributed by atoms with Crippen LogP contribution in [0.25, 0.3) is 0 Å². The van der Waals surface area contributed by atoms with Gasteiger partial charge in [0.1, 0.15) is 5.82 Å². The minimum absolute atomic E-state index is 0.117. The molecule has 0 saturated carbocycles. The Morgan fingerprint density at radius 3 is 2.75 bits per heavy atom. The molecule has 0 saturated heterocycles. The van der Waals surface area contributed by atoms with Crippen molar-refractivity contribution in [3.05, 3.63) is 55.9 Å². The Hall–Kier alpha value is -0.750. The monoisotopic (exact) mass is 356 g/mol. The lowest BCUT2D eigenvalue weighted by molar-refractivity contribution is 0.237. The summed E-state index contributed by atoms with van der Waals surface area (Å²) in [4.78, 5) is 2.09. The second-order valence-corrected chi connectivity index (χ2v) is 7.24. The van der Waals surface area contributed by atoms with Gasteiger partial charge in [-0.15, -0.1) is 11.3 Å². The van der Waals surface area contributed by atoms with Gasteiger partial charge in [-0.1, -0.05) is 17.7 Å². The molecule has 0 spiro atoms. The predicted molar refractivity (Wildman–Crippen MR) is 86.4 cm³/mol. The third-order valence-corrected chi connectivity index (χ3v) is 4.87. The SMILES string of the molecule is Cc1ccc(F)c(C(CN)N(C)Cc2csc(Br)c2)c1. The maximum absolute atomic E-state index is 14.0. The predicted octanol–water partition coefficient (Wildman–Crippen LogP) is 4.09. The van der Waals surface area contributed by atoms with Crippen LogP contribution in [0.4, 0.5) is 4.39 Å². The molecule has 0 aliphatic carbocycles. The number of rotatable bonds is 5. The molecule has 2 nitrogen and oxygen atoms in total. The molecule has 2 rings (SSSR count). The van der Waals surface area contributed by atoms with Gasteiger partial charge in [0.05, 0.1) is 3.79 Å². The molecule has 0 fully saturated rings. The van der Waals surface area contributed by atoms with Crippen molar-refractivity contribution in [2.24, 2.45) is 5.73 Å². The fourth-order valence-electron chi connectivity index (χ4n) is 2.29. The number of aryl methyl sites for hydroxylation is 1. The molecule has 1 unspecified atom stereocenters. The normalized spacial score (nSPS) is 12.9. The molecule has 0 aliphatic rings. The Balaban J connectivity index is 2.20. The number of nitrogens with zero attached hydrogens (tertiary/aromatic N) is 1. The van der Waals surface area contributed by atoms with Crippen molar-refractivity contribution in [1.29, 1.82) is 0 Å². The van der Waals surface area contributed by atoms with Gasteiger partial charge in [-0.3, -0.25) is 4.90 Å². The lowest BCUT2D eigenvalue weighted by atomic mass is 10.0. The van der Waals surface area contributed by atoms with Crippen LogP contribution in [-0.4, -0.2) is 18.5 Å². The Morgan fingerprint density at radius 2 is 2.15 bits per heavy atom. The van der Waals surface area contributed by atoms with Crippen molar-refractivity contribution < 1.29 is 4.39 Å². The molecule has 108 valence electrons. The summed E-state index contributed by atoms with van der Waals surface area (Å²) in [5.74, 6) is -0.190. The van der Waals surface area contributed by atoms with E-state index in [4.69, 9.17) is 5.73 Å². The van der Waals surface area contributed by atoms with Gasteiger partial charge in [-0.25, -0.2) is 4.39 Å². The van der Waals surface area contributed by atoms with E-state index in [1.807, 2.05) is 20.0 Å². The van der Waals surface area contributed by atoms with Gasteiger partial charge < -0.3 is 5.73 Å². The molecule has 1 heterocycles. The number of halogens is 2. The van der Waals surface area contributed by atoms with Crippen molar-refractivity contribution in [3.63, 3.8) is 0 Å². The van der Waals surface area contributed by atoms with E-state index in [2.05, 4.69) is 32.3 Å². The topological polar surface area (TPSA) is 29.3 Å².